The van der Waals surface area contributed by atoms with Crippen molar-refractivity contribution in [2.24, 2.45) is 0 Å². The van der Waals surface area contributed by atoms with E-state index in [9.17, 15) is 4.79 Å². The van der Waals surface area contributed by atoms with Crippen LogP contribution in [0.4, 0.5) is 0 Å². The summed E-state index contributed by atoms with van der Waals surface area (Å²) in [6, 6.07) is 3.80. The highest BCUT2D eigenvalue weighted by molar-refractivity contribution is 5.79. The standard InChI is InChI=1S/C14H16O3/c15-7-10-5-6-14(17-9-11-8-16-11)13-4-2-1-3-12(10)13/h5-7,11H,1-4,8-9H2. The number of aldehydes is 1. The van der Waals surface area contributed by atoms with Crippen molar-refractivity contribution in [3.63, 3.8) is 0 Å². The van der Waals surface area contributed by atoms with Crippen molar-refractivity contribution >= 4 is 6.29 Å². The Morgan fingerprint density at radius 1 is 1.29 bits per heavy atom. The molecule has 0 spiro atoms. The highest BCUT2D eigenvalue weighted by Crippen LogP contribution is 2.32. The molecule has 1 aliphatic carbocycles. The van der Waals surface area contributed by atoms with Gasteiger partial charge in [-0.1, -0.05) is 0 Å². The van der Waals surface area contributed by atoms with Crippen molar-refractivity contribution in [2.45, 2.75) is 31.8 Å². The molecular formula is C14H16O3. The van der Waals surface area contributed by atoms with Crippen LogP contribution >= 0.6 is 0 Å². The molecule has 0 amide bonds. The number of ether oxygens (including phenoxy) is 2. The summed E-state index contributed by atoms with van der Waals surface area (Å²) in [6.45, 7) is 1.45. The molecule has 1 aromatic carbocycles. The first-order chi connectivity index (χ1) is 8.38. The van der Waals surface area contributed by atoms with E-state index in [1.54, 1.807) is 0 Å². The molecule has 1 fully saturated rings. The smallest absolute Gasteiger partial charge is 0.150 e. The maximum Gasteiger partial charge on any atom is 0.150 e. The van der Waals surface area contributed by atoms with Gasteiger partial charge in [-0.3, -0.25) is 4.79 Å². The van der Waals surface area contributed by atoms with Crippen LogP contribution < -0.4 is 4.74 Å². The summed E-state index contributed by atoms with van der Waals surface area (Å²) in [4.78, 5) is 11.0. The van der Waals surface area contributed by atoms with Crippen molar-refractivity contribution in [1.82, 2.24) is 0 Å². The van der Waals surface area contributed by atoms with Gasteiger partial charge < -0.3 is 9.47 Å². The largest absolute Gasteiger partial charge is 0.490 e. The molecule has 0 radical (unpaired) electrons. The summed E-state index contributed by atoms with van der Waals surface area (Å²) in [7, 11) is 0. The van der Waals surface area contributed by atoms with Gasteiger partial charge in [0.05, 0.1) is 6.61 Å². The number of hydrogen-bond acceptors (Lipinski definition) is 3. The average molecular weight is 232 g/mol. The van der Waals surface area contributed by atoms with E-state index in [4.69, 9.17) is 9.47 Å². The van der Waals surface area contributed by atoms with E-state index in [1.807, 2.05) is 12.1 Å². The van der Waals surface area contributed by atoms with Crippen molar-refractivity contribution in [1.29, 1.82) is 0 Å². The van der Waals surface area contributed by atoms with E-state index in [-0.39, 0.29) is 6.10 Å². The minimum Gasteiger partial charge on any atom is -0.490 e. The zero-order valence-corrected chi connectivity index (χ0v) is 9.78. The van der Waals surface area contributed by atoms with Crippen LogP contribution in [0, 0.1) is 0 Å². The van der Waals surface area contributed by atoms with Crippen LogP contribution in [0.5, 0.6) is 5.75 Å². The van der Waals surface area contributed by atoms with E-state index in [2.05, 4.69) is 0 Å². The molecule has 0 N–H and O–H groups in total. The van der Waals surface area contributed by atoms with Gasteiger partial charge in [-0.2, -0.15) is 0 Å². The summed E-state index contributed by atoms with van der Waals surface area (Å²) in [5, 5.41) is 0. The minimum atomic E-state index is 0.278. The third-order valence-electron chi connectivity index (χ3n) is 3.48. The second-order valence-electron chi connectivity index (χ2n) is 4.70. The number of hydrogen-bond donors (Lipinski definition) is 0. The summed E-state index contributed by atoms with van der Waals surface area (Å²) < 4.78 is 10.9. The Balaban J connectivity index is 1.88. The number of rotatable bonds is 4. The predicted octanol–water partition coefficient (Wildman–Crippen LogP) is 2.16. The first kappa shape index (κ1) is 10.8. The van der Waals surface area contributed by atoms with Crippen LogP contribution in [0.3, 0.4) is 0 Å². The molecule has 3 nitrogen and oxygen atoms in total. The molecule has 2 aliphatic rings. The molecule has 0 saturated carbocycles. The van der Waals surface area contributed by atoms with Crippen LogP contribution in [0.15, 0.2) is 12.1 Å². The summed E-state index contributed by atoms with van der Waals surface area (Å²) in [5.41, 5.74) is 3.26. The van der Waals surface area contributed by atoms with E-state index < -0.39 is 0 Å². The Labute approximate surface area is 101 Å². The Kier molecular flexibility index (Phi) is 2.85. The molecule has 1 saturated heterocycles. The fourth-order valence-electron chi connectivity index (χ4n) is 2.46. The second-order valence-corrected chi connectivity index (χ2v) is 4.70. The van der Waals surface area contributed by atoms with Crippen LogP contribution in [0.2, 0.25) is 0 Å². The molecule has 1 aromatic rings. The lowest BCUT2D eigenvalue weighted by Crippen LogP contribution is -2.11. The maximum absolute atomic E-state index is 11.0. The van der Waals surface area contributed by atoms with E-state index in [0.29, 0.717) is 6.61 Å². The van der Waals surface area contributed by atoms with Gasteiger partial charge in [0, 0.05) is 5.56 Å². The van der Waals surface area contributed by atoms with Crippen LogP contribution in [0.25, 0.3) is 0 Å². The van der Waals surface area contributed by atoms with Crippen molar-refractivity contribution in [2.75, 3.05) is 13.2 Å². The lowest BCUT2D eigenvalue weighted by Gasteiger charge is -2.20. The van der Waals surface area contributed by atoms with Crippen molar-refractivity contribution < 1.29 is 14.3 Å². The maximum atomic E-state index is 11.0. The quantitative estimate of drug-likeness (QED) is 0.590. The van der Waals surface area contributed by atoms with E-state index in [0.717, 1.165) is 37.0 Å². The lowest BCUT2D eigenvalue weighted by molar-refractivity contribution is 0.112. The summed E-state index contributed by atoms with van der Waals surface area (Å²) >= 11 is 0. The molecule has 17 heavy (non-hydrogen) atoms. The normalized spacial score (nSPS) is 21.8. The number of fused-ring (bicyclic) bond motifs is 1. The van der Waals surface area contributed by atoms with E-state index >= 15 is 0 Å². The molecular weight excluding hydrogens is 216 g/mol. The molecule has 3 heteroatoms. The van der Waals surface area contributed by atoms with Gasteiger partial charge in [-0.15, -0.1) is 0 Å². The lowest BCUT2D eigenvalue weighted by atomic mass is 9.88. The van der Waals surface area contributed by atoms with Crippen LogP contribution in [-0.4, -0.2) is 25.6 Å². The van der Waals surface area contributed by atoms with Gasteiger partial charge in [-0.05, 0) is 48.9 Å². The van der Waals surface area contributed by atoms with Crippen LogP contribution in [0.1, 0.15) is 34.3 Å². The monoisotopic (exact) mass is 232 g/mol. The molecule has 1 atom stereocenters. The Bertz CT molecular complexity index is 435. The number of epoxide rings is 1. The Morgan fingerprint density at radius 3 is 2.76 bits per heavy atom. The van der Waals surface area contributed by atoms with Gasteiger partial charge in [0.2, 0.25) is 0 Å². The third kappa shape index (κ3) is 2.20. The summed E-state index contributed by atoms with van der Waals surface area (Å²) in [5.74, 6) is 0.945. The number of carbonyl (C=O) groups is 1. The highest BCUT2D eigenvalue weighted by Gasteiger charge is 2.24. The van der Waals surface area contributed by atoms with Crippen molar-refractivity contribution in [3.05, 3.63) is 28.8 Å². The fraction of sp³-hybridized carbons (Fsp3) is 0.500. The molecule has 3 rings (SSSR count). The van der Waals surface area contributed by atoms with Crippen molar-refractivity contribution in [3.8, 4) is 5.75 Å². The molecule has 1 aliphatic heterocycles. The fourth-order valence-corrected chi connectivity index (χ4v) is 2.46. The second kappa shape index (κ2) is 4.49. The average Bonchev–Trinajstić information content (AvgIpc) is 3.20. The molecule has 90 valence electrons. The Hall–Kier alpha value is -1.35. The molecule has 1 unspecified atom stereocenters. The first-order valence-electron chi connectivity index (χ1n) is 6.23. The van der Waals surface area contributed by atoms with Gasteiger partial charge >= 0.3 is 0 Å². The van der Waals surface area contributed by atoms with Gasteiger partial charge in [0.15, 0.2) is 0 Å². The minimum absolute atomic E-state index is 0.278. The SMILES string of the molecule is O=Cc1ccc(OCC2CO2)c2c1CCCC2. The van der Waals surface area contributed by atoms with Crippen LogP contribution in [-0.2, 0) is 17.6 Å². The highest BCUT2D eigenvalue weighted by atomic mass is 16.6. The number of benzene rings is 1. The number of carbonyl (C=O) groups excluding carboxylic acids is 1. The molecule has 0 bridgehead atoms. The van der Waals surface area contributed by atoms with E-state index in [1.165, 1.54) is 24.0 Å². The Morgan fingerprint density at radius 2 is 2.06 bits per heavy atom. The zero-order valence-electron chi connectivity index (χ0n) is 9.78. The molecule has 0 aromatic heterocycles. The predicted molar refractivity (Wildman–Crippen MR) is 63.7 cm³/mol. The molecule has 1 heterocycles. The zero-order chi connectivity index (χ0) is 11.7. The van der Waals surface area contributed by atoms with Gasteiger partial charge in [-0.25, -0.2) is 0 Å². The first-order valence-corrected chi connectivity index (χ1v) is 6.23. The van der Waals surface area contributed by atoms with Gasteiger partial charge in [0.25, 0.3) is 0 Å². The topological polar surface area (TPSA) is 38.8 Å². The van der Waals surface area contributed by atoms with Gasteiger partial charge in [0.1, 0.15) is 24.7 Å². The summed E-state index contributed by atoms with van der Waals surface area (Å²) in [6.07, 6.45) is 5.62. The third-order valence-corrected chi connectivity index (χ3v) is 3.48.